The maximum atomic E-state index is 14.0. The predicted molar refractivity (Wildman–Crippen MR) is 131 cm³/mol. The highest BCUT2D eigenvalue weighted by Crippen LogP contribution is 2.52. The highest BCUT2D eigenvalue weighted by Gasteiger charge is 2.51. The Morgan fingerprint density at radius 1 is 1.06 bits per heavy atom. The number of rotatable bonds is 4. The van der Waals surface area contributed by atoms with Gasteiger partial charge in [-0.3, -0.25) is 4.79 Å². The van der Waals surface area contributed by atoms with Gasteiger partial charge in [0.2, 0.25) is 0 Å². The van der Waals surface area contributed by atoms with Gasteiger partial charge in [0.1, 0.15) is 11.4 Å². The van der Waals surface area contributed by atoms with Crippen molar-refractivity contribution in [2.45, 2.75) is 53.0 Å². The number of methoxy groups -OCH3 is 1. The molecule has 1 amide bonds. The Balaban J connectivity index is 1.57. The van der Waals surface area contributed by atoms with Gasteiger partial charge in [-0.2, -0.15) is 5.10 Å². The van der Waals surface area contributed by atoms with Crippen LogP contribution in [0, 0.1) is 17.8 Å². The normalized spacial score (nSPS) is 23.5. The van der Waals surface area contributed by atoms with Crippen molar-refractivity contribution in [1.82, 2.24) is 14.7 Å². The van der Waals surface area contributed by atoms with Gasteiger partial charge in [-0.05, 0) is 85.0 Å². The molecule has 5 nitrogen and oxygen atoms in total. The van der Waals surface area contributed by atoms with E-state index in [1.54, 1.807) is 7.11 Å². The molecule has 1 aliphatic carbocycles. The van der Waals surface area contributed by atoms with Crippen molar-refractivity contribution in [2.24, 2.45) is 10.8 Å². The molecule has 2 bridgehead atoms. The van der Waals surface area contributed by atoms with Crippen LogP contribution in [0.5, 0.6) is 5.75 Å². The van der Waals surface area contributed by atoms with Crippen molar-refractivity contribution in [3.05, 3.63) is 65.9 Å². The second kappa shape index (κ2) is 7.75. The first kappa shape index (κ1) is 21.7. The van der Waals surface area contributed by atoms with E-state index in [0.717, 1.165) is 54.1 Å². The van der Waals surface area contributed by atoms with Crippen LogP contribution in [0.15, 0.2) is 54.6 Å². The molecule has 2 aromatic carbocycles. The van der Waals surface area contributed by atoms with Gasteiger partial charge in [0.25, 0.3) is 5.91 Å². The van der Waals surface area contributed by atoms with Gasteiger partial charge >= 0.3 is 0 Å². The summed E-state index contributed by atoms with van der Waals surface area (Å²) in [6.45, 7) is 9.89. The van der Waals surface area contributed by atoms with Crippen molar-refractivity contribution in [1.29, 1.82) is 0 Å². The minimum atomic E-state index is 0.0789. The topological polar surface area (TPSA) is 47.4 Å². The minimum Gasteiger partial charge on any atom is -0.497 e. The highest BCUT2D eigenvalue weighted by molar-refractivity contribution is 5.95. The molecule has 5 rings (SSSR count). The molecule has 2 aliphatic rings. The van der Waals surface area contributed by atoms with Crippen LogP contribution in [-0.2, 0) is 0 Å². The molecule has 2 fully saturated rings. The third-order valence-electron chi connectivity index (χ3n) is 7.24. The summed E-state index contributed by atoms with van der Waals surface area (Å²) in [7, 11) is 1.66. The van der Waals surface area contributed by atoms with E-state index in [1.165, 1.54) is 0 Å². The number of likely N-dealkylation sites (tertiary alicyclic amines) is 1. The number of aryl methyl sites for hydroxylation is 1. The third-order valence-corrected chi connectivity index (χ3v) is 7.24. The lowest BCUT2D eigenvalue weighted by Crippen LogP contribution is -2.38. The molecular formula is C28H33N3O2. The number of carbonyl (C=O) groups is 1. The van der Waals surface area contributed by atoms with Crippen LogP contribution < -0.4 is 4.74 Å². The quantitative estimate of drug-likeness (QED) is 0.505. The van der Waals surface area contributed by atoms with Crippen molar-refractivity contribution in [2.75, 3.05) is 13.7 Å². The monoisotopic (exact) mass is 443 g/mol. The van der Waals surface area contributed by atoms with Crippen LogP contribution in [0.4, 0.5) is 0 Å². The van der Waals surface area contributed by atoms with Crippen LogP contribution >= 0.6 is 0 Å². The summed E-state index contributed by atoms with van der Waals surface area (Å²) in [6, 6.07) is 18.2. The summed E-state index contributed by atoms with van der Waals surface area (Å²) in [4.78, 5) is 16.1. The van der Waals surface area contributed by atoms with E-state index < -0.39 is 0 Å². The highest BCUT2D eigenvalue weighted by atomic mass is 16.5. The minimum absolute atomic E-state index is 0.0789. The first-order valence-corrected chi connectivity index (χ1v) is 11.8. The lowest BCUT2D eigenvalue weighted by Gasteiger charge is -2.39. The molecule has 2 heterocycles. The Morgan fingerprint density at radius 3 is 2.52 bits per heavy atom. The molecule has 172 valence electrons. The SMILES string of the molecule is COc1ccc(-c2cc(C(=O)N3CC4(C)CC3CC(C)(C)C4)n(-c3cccc(C)c3)n2)cc1. The van der Waals surface area contributed by atoms with Crippen molar-refractivity contribution < 1.29 is 9.53 Å². The van der Waals surface area contributed by atoms with Gasteiger partial charge in [-0.25, -0.2) is 4.68 Å². The summed E-state index contributed by atoms with van der Waals surface area (Å²) in [5.41, 5.74) is 4.87. The number of hydrogen-bond acceptors (Lipinski definition) is 3. The fourth-order valence-electron chi connectivity index (χ4n) is 6.24. The second-order valence-electron chi connectivity index (χ2n) is 11.0. The fourth-order valence-corrected chi connectivity index (χ4v) is 6.24. The molecule has 2 unspecified atom stereocenters. The van der Waals surface area contributed by atoms with Crippen LogP contribution in [0.25, 0.3) is 16.9 Å². The number of amides is 1. The maximum Gasteiger partial charge on any atom is 0.272 e. The molecule has 3 aromatic rings. The van der Waals surface area contributed by atoms with Gasteiger partial charge in [0.05, 0.1) is 18.5 Å². The molecular weight excluding hydrogens is 410 g/mol. The van der Waals surface area contributed by atoms with Crippen LogP contribution in [0.3, 0.4) is 0 Å². The lowest BCUT2D eigenvalue weighted by atomic mass is 9.65. The molecule has 5 heteroatoms. The lowest BCUT2D eigenvalue weighted by molar-refractivity contribution is 0.0699. The first-order valence-electron chi connectivity index (χ1n) is 11.8. The van der Waals surface area contributed by atoms with E-state index in [2.05, 4.69) is 44.7 Å². The smallest absolute Gasteiger partial charge is 0.272 e. The average Bonchev–Trinajstić information content (AvgIpc) is 3.31. The number of aromatic nitrogens is 2. The zero-order chi connectivity index (χ0) is 23.4. The number of fused-ring (bicyclic) bond motifs is 2. The van der Waals surface area contributed by atoms with E-state index in [-0.39, 0.29) is 22.8 Å². The number of carbonyl (C=O) groups excluding carboxylic acids is 1. The molecule has 1 saturated heterocycles. The van der Waals surface area contributed by atoms with E-state index in [0.29, 0.717) is 5.69 Å². The fraction of sp³-hybridized carbons (Fsp3) is 0.429. The number of ether oxygens (including phenoxy) is 1. The summed E-state index contributed by atoms with van der Waals surface area (Å²) in [6.07, 6.45) is 3.30. The van der Waals surface area contributed by atoms with Crippen molar-refractivity contribution in [3.8, 4) is 22.7 Å². The Morgan fingerprint density at radius 2 is 1.82 bits per heavy atom. The predicted octanol–water partition coefficient (Wildman–Crippen LogP) is 5.90. The molecule has 2 atom stereocenters. The van der Waals surface area contributed by atoms with Gasteiger partial charge < -0.3 is 9.64 Å². The molecule has 0 radical (unpaired) electrons. The average molecular weight is 444 g/mol. The Hall–Kier alpha value is -3.08. The van der Waals surface area contributed by atoms with Crippen molar-refractivity contribution in [3.63, 3.8) is 0 Å². The largest absolute Gasteiger partial charge is 0.497 e. The summed E-state index contributed by atoms with van der Waals surface area (Å²) in [5, 5.41) is 4.90. The van der Waals surface area contributed by atoms with Gasteiger partial charge in [-0.1, -0.05) is 32.9 Å². The van der Waals surface area contributed by atoms with E-state index in [1.807, 2.05) is 47.1 Å². The number of hydrogen-bond donors (Lipinski definition) is 0. The Labute approximate surface area is 196 Å². The zero-order valence-corrected chi connectivity index (χ0v) is 20.3. The standard InChI is InChI=1S/C28H33N3O2/c1-19-7-6-8-21(13-19)31-25(14-24(29-31)20-9-11-23(33-5)12-10-20)26(32)30-18-28(4)16-22(30)15-27(2,3)17-28/h6-14,22H,15-18H2,1-5H3. The van der Waals surface area contributed by atoms with E-state index in [9.17, 15) is 4.79 Å². The van der Waals surface area contributed by atoms with Crippen molar-refractivity contribution >= 4 is 5.91 Å². The maximum absolute atomic E-state index is 14.0. The summed E-state index contributed by atoms with van der Waals surface area (Å²) < 4.78 is 7.13. The molecule has 33 heavy (non-hydrogen) atoms. The Kier molecular flexibility index (Phi) is 5.11. The second-order valence-corrected chi connectivity index (χ2v) is 11.0. The van der Waals surface area contributed by atoms with Crippen LogP contribution in [-0.4, -0.2) is 40.3 Å². The number of nitrogens with zero attached hydrogens (tertiary/aromatic N) is 3. The van der Waals surface area contributed by atoms with E-state index >= 15 is 0 Å². The molecule has 0 spiro atoms. The molecule has 1 aliphatic heterocycles. The summed E-state index contributed by atoms with van der Waals surface area (Å²) in [5.74, 6) is 0.878. The van der Waals surface area contributed by atoms with Gasteiger partial charge in [0.15, 0.2) is 0 Å². The summed E-state index contributed by atoms with van der Waals surface area (Å²) >= 11 is 0. The van der Waals surface area contributed by atoms with Gasteiger partial charge in [0, 0.05) is 18.2 Å². The molecule has 0 N–H and O–H groups in total. The van der Waals surface area contributed by atoms with E-state index in [4.69, 9.17) is 9.84 Å². The van der Waals surface area contributed by atoms with Crippen LogP contribution in [0.2, 0.25) is 0 Å². The molecule has 1 aromatic heterocycles. The van der Waals surface area contributed by atoms with Crippen LogP contribution in [0.1, 0.15) is 56.1 Å². The number of benzene rings is 2. The first-order chi connectivity index (χ1) is 15.7. The van der Waals surface area contributed by atoms with Gasteiger partial charge in [-0.15, -0.1) is 0 Å². The Bertz CT molecular complexity index is 1190. The molecule has 1 saturated carbocycles. The third kappa shape index (κ3) is 4.05. The zero-order valence-electron chi connectivity index (χ0n) is 20.3.